The second-order valence-corrected chi connectivity index (χ2v) is 5.49. The maximum Gasteiger partial charge on any atom is 0.258 e. The molecular weight excluding hydrogens is 378 g/mol. The molecule has 0 aliphatic heterocycles. The standard InChI is InChI=1S/C12H11Br2N3O2/c13-8-1-2-11(10(14)5-8)19-7-12(18)15-6-9-3-4-16-17-9/h1-5H,6-7H2,(H,15,18)(H,16,17). The van der Waals surface area contributed by atoms with Crippen molar-refractivity contribution >= 4 is 37.8 Å². The molecule has 0 saturated heterocycles. The van der Waals surface area contributed by atoms with E-state index in [-0.39, 0.29) is 12.5 Å². The number of aromatic amines is 1. The molecule has 0 radical (unpaired) electrons. The van der Waals surface area contributed by atoms with E-state index in [1.807, 2.05) is 12.1 Å². The highest BCUT2D eigenvalue weighted by molar-refractivity contribution is 9.11. The molecule has 19 heavy (non-hydrogen) atoms. The van der Waals surface area contributed by atoms with E-state index in [1.165, 1.54) is 0 Å². The van der Waals surface area contributed by atoms with Gasteiger partial charge in [-0.2, -0.15) is 5.10 Å². The minimum atomic E-state index is -0.190. The van der Waals surface area contributed by atoms with Crippen molar-refractivity contribution in [2.75, 3.05) is 6.61 Å². The van der Waals surface area contributed by atoms with Gasteiger partial charge in [0.25, 0.3) is 5.91 Å². The van der Waals surface area contributed by atoms with Crippen LogP contribution >= 0.6 is 31.9 Å². The molecular formula is C12H11Br2N3O2. The topological polar surface area (TPSA) is 67.0 Å². The van der Waals surface area contributed by atoms with Gasteiger partial charge in [-0.3, -0.25) is 9.89 Å². The first-order chi connectivity index (χ1) is 9.15. The summed E-state index contributed by atoms with van der Waals surface area (Å²) in [7, 11) is 0. The van der Waals surface area contributed by atoms with Crippen molar-refractivity contribution in [2.45, 2.75) is 6.54 Å². The second-order valence-electron chi connectivity index (χ2n) is 3.72. The van der Waals surface area contributed by atoms with Crippen molar-refractivity contribution in [3.63, 3.8) is 0 Å². The molecule has 1 aromatic carbocycles. The summed E-state index contributed by atoms with van der Waals surface area (Å²) in [5.41, 5.74) is 0.846. The Morgan fingerprint density at radius 3 is 2.89 bits per heavy atom. The number of hydrogen-bond acceptors (Lipinski definition) is 3. The fourth-order valence-corrected chi connectivity index (χ4v) is 2.53. The summed E-state index contributed by atoms with van der Waals surface area (Å²) in [5.74, 6) is 0.435. The Morgan fingerprint density at radius 2 is 2.21 bits per heavy atom. The maximum atomic E-state index is 11.6. The predicted molar refractivity (Wildman–Crippen MR) is 77.8 cm³/mol. The van der Waals surface area contributed by atoms with Crippen LogP contribution in [0, 0.1) is 0 Å². The highest BCUT2D eigenvalue weighted by atomic mass is 79.9. The van der Waals surface area contributed by atoms with Crippen LogP contribution < -0.4 is 10.1 Å². The highest BCUT2D eigenvalue weighted by Crippen LogP contribution is 2.27. The normalized spacial score (nSPS) is 10.2. The third-order valence-electron chi connectivity index (χ3n) is 2.29. The number of carbonyl (C=O) groups excluding carboxylic acids is 1. The number of nitrogens with one attached hydrogen (secondary N) is 2. The lowest BCUT2D eigenvalue weighted by atomic mass is 10.3. The van der Waals surface area contributed by atoms with E-state index < -0.39 is 0 Å². The van der Waals surface area contributed by atoms with E-state index in [0.29, 0.717) is 12.3 Å². The fraction of sp³-hybridized carbons (Fsp3) is 0.167. The number of carbonyl (C=O) groups is 1. The van der Waals surface area contributed by atoms with Crippen molar-refractivity contribution in [3.8, 4) is 5.75 Å². The Balaban J connectivity index is 1.80. The molecule has 7 heteroatoms. The van der Waals surface area contributed by atoms with Gasteiger partial charge < -0.3 is 10.1 Å². The highest BCUT2D eigenvalue weighted by Gasteiger charge is 2.06. The van der Waals surface area contributed by atoms with Crippen LogP contribution in [0.1, 0.15) is 5.69 Å². The molecule has 0 bridgehead atoms. The molecule has 0 unspecified atom stereocenters. The molecule has 100 valence electrons. The van der Waals surface area contributed by atoms with Gasteiger partial charge in [-0.05, 0) is 40.2 Å². The zero-order valence-corrected chi connectivity index (χ0v) is 13.0. The number of rotatable bonds is 5. The summed E-state index contributed by atoms with van der Waals surface area (Å²) in [5, 5.41) is 9.29. The molecule has 2 aromatic rings. The smallest absolute Gasteiger partial charge is 0.258 e. The monoisotopic (exact) mass is 387 g/mol. The van der Waals surface area contributed by atoms with Crippen LogP contribution in [0.3, 0.4) is 0 Å². The lowest BCUT2D eigenvalue weighted by Gasteiger charge is -2.08. The molecule has 1 heterocycles. The average molecular weight is 389 g/mol. The van der Waals surface area contributed by atoms with E-state index in [1.54, 1.807) is 18.3 Å². The summed E-state index contributed by atoms with van der Waals surface area (Å²) in [6.07, 6.45) is 1.64. The van der Waals surface area contributed by atoms with Gasteiger partial charge in [-0.25, -0.2) is 0 Å². The van der Waals surface area contributed by atoms with Crippen LogP contribution in [0.2, 0.25) is 0 Å². The maximum absolute atomic E-state index is 11.6. The first-order valence-electron chi connectivity index (χ1n) is 5.48. The summed E-state index contributed by atoms with van der Waals surface area (Å²) in [6.45, 7) is 0.373. The van der Waals surface area contributed by atoms with Crippen LogP contribution in [0.4, 0.5) is 0 Å². The molecule has 0 aliphatic rings. The summed E-state index contributed by atoms with van der Waals surface area (Å²) in [6, 6.07) is 7.29. The number of aromatic nitrogens is 2. The van der Waals surface area contributed by atoms with Crippen LogP contribution in [-0.2, 0) is 11.3 Å². The number of H-pyrrole nitrogens is 1. The minimum Gasteiger partial charge on any atom is -0.483 e. The van der Waals surface area contributed by atoms with Crippen molar-refractivity contribution in [3.05, 3.63) is 45.1 Å². The summed E-state index contributed by atoms with van der Waals surface area (Å²) in [4.78, 5) is 11.6. The van der Waals surface area contributed by atoms with Gasteiger partial charge in [-0.1, -0.05) is 15.9 Å². The lowest BCUT2D eigenvalue weighted by Crippen LogP contribution is -2.28. The van der Waals surface area contributed by atoms with Crippen molar-refractivity contribution in [1.29, 1.82) is 0 Å². The van der Waals surface area contributed by atoms with Crippen molar-refractivity contribution in [2.24, 2.45) is 0 Å². The number of nitrogens with zero attached hydrogens (tertiary/aromatic N) is 1. The number of hydrogen-bond donors (Lipinski definition) is 2. The van der Waals surface area contributed by atoms with Crippen LogP contribution in [0.25, 0.3) is 0 Å². The SMILES string of the molecule is O=C(COc1ccc(Br)cc1Br)NCc1ccn[nH]1. The molecule has 2 rings (SSSR count). The van der Waals surface area contributed by atoms with E-state index >= 15 is 0 Å². The zero-order valence-electron chi connectivity index (χ0n) is 9.82. The molecule has 0 atom stereocenters. The van der Waals surface area contributed by atoms with Gasteiger partial charge in [0, 0.05) is 10.7 Å². The minimum absolute atomic E-state index is 0.0334. The first kappa shape index (κ1) is 14.1. The van der Waals surface area contributed by atoms with Crippen molar-refractivity contribution in [1.82, 2.24) is 15.5 Å². The Bertz CT molecular complexity index is 558. The summed E-state index contributed by atoms with van der Waals surface area (Å²) < 4.78 is 7.15. The van der Waals surface area contributed by atoms with Crippen molar-refractivity contribution < 1.29 is 9.53 Å². The van der Waals surface area contributed by atoms with E-state index in [0.717, 1.165) is 14.6 Å². The Hall–Kier alpha value is -1.34. The lowest BCUT2D eigenvalue weighted by molar-refractivity contribution is -0.123. The molecule has 0 aliphatic carbocycles. The van der Waals surface area contributed by atoms with Gasteiger partial charge in [-0.15, -0.1) is 0 Å². The van der Waals surface area contributed by atoms with E-state index in [4.69, 9.17) is 4.74 Å². The summed E-state index contributed by atoms with van der Waals surface area (Å²) >= 11 is 6.72. The molecule has 0 fully saturated rings. The predicted octanol–water partition coefficient (Wildman–Crippen LogP) is 2.63. The molecule has 1 aromatic heterocycles. The third kappa shape index (κ3) is 4.36. The second kappa shape index (κ2) is 6.72. The molecule has 0 saturated carbocycles. The fourth-order valence-electron chi connectivity index (χ4n) is 1.36. The Labute approximate surface area is 127 Å². The Morgan fingerprint density at radius 1 is 1.37 bits per heavy atom. The number of ether oxygens (including phenoxy) is 1. The number of halogens is 2. The average Bonchev–Trinajstić information content (AvgIpc) is 2.88. The van der Waals surface area contributed by atoms with Gasteiger partial charge in [0.1, 0.15) is 5.75 Å². The van der Waals surface area contributed by atoms with E-state index in [2.05, 4.69) is 47.4 Å². The van der Waals surface area contributed by atoms with Gasteiger partial charge in [0.05, 0.1) is 16.7 Å². The number of amides is 1. The van der Waals surface area contributed by atoms with Crippen LogP contribution in [0.15, 0.2) is 39.4 Å². The molecule has 0 spiro atoms. The molecule has 5 nitrogen and oxygen atoms in total. The quantitative estimate of drug-likeness (QED) is 0.827. The van der Waals surface area contributed by atoms with Gasteiger partial charge in [0.2, 0.25) is 0 Å². The first-order valence-corrected chi connectivity index (χ1v) is 7.06. The van der Waals surface area contributed by atoms with Gasteiger partial charge in [0.15, 0.2) is 6.61 Å². The zero-order chi connectivity index (χ0) is 13.7. The van der Waals surface area contributed by atoms with Gasteiger partial charge >= 0.3 is 0 Å². The third-order valence-corrected chi connectivity index (χ3v) is 3.40. The van der Waals surface area contributed by atoms with Crippen LogP contribution in [0.5, 0.6) is 5.75 Å². The number of benzene rings is 1. The molecule has 1 amide bonds. The van der Waals surface area contributed by atoms with E-state index in [9.17, 15) is 4.79 Å². The molecule has 2 N–H and O–H groups in total. The van der Waals surface area contributed by atoms with Crippen LogP contribution in [-0.4, -0.2) is 22.7 Å². The largest absolute Gasteiger partial charge is 0.483 e. The Kier molecular flexibility index (Phi) is 4.98.